The van der Waals surface area contributed by atoms with Gasteiger partial charge in [0.15, 0.2) is 0 Å². The Hall–Kier alpha value is -1.55. The molecular weight excluding hydrogens is 230 g/mol. The summed E-state index contributed by atoms with van der Waals surface area (Å²) in [5.41, 5.74) is 8.92. The Morgan fingerprint density at radius 1 is 1.35 bits per heavy atom. The first-order valence-electron chi connectivity index (χ1n) is 5.77. The van der Waals surface area contributed by atoms with Gasteiger partial charge in [0.1, 0.15) is 5.82 Å². The van der Waals surface area contributed by atoms with Crippen molar-refractivity contribution in [1.82, 2.24) is 4.98 Å². The van der Waals surface area contributed by atoms with Gasteiger partial charge in [0.2, 0.25) is 0 Å². The first-order chi connectivity index (χ1) is 8.24. The van der Waals surface area contributed by atoms with Crippen molar-refractivity contribution in [2.24, 2.45) is 0 Å². The third-order valence-corrected chi connectivity index (χ3v) is 4.27. The van der Waals surface area contributed by atoms with Crippen molar-refractivity contribution in [2.45, 2.75) is 19.9 Å². The topological polar surface area (TPSA) is 42.2 Å². The molecule has 2 aromatic rings. The highest BCUT2D eigenvalue weighted by Gasteiger charge is 2.18. The predicted molar refractivity (Wildman–Crippen MR) is 72.5 cm³/mol. The van der Waals surface area contributed by atoms with Gasteiger partial charge < -0.3 is 10.6 Å². The van der Waals surface area contributed by atoms with Crippen LogP contribution in [0.15, 0.2) is 23.6 Å². The minimum atomic E-state index is 0.766. The number of fused-ring (bicyclic) bond motifs is 1. The monoisotopic (exact) mass is 245 g/mol. The van der Waals surface area contributed by atoms with E-state index in [-0.39, 0.29) is 0 Å². The Bertz CT molecular complexity index is 547. The van der Waals surface area contributed by atoms with E-state index in [0.717, 1.165) is 36.7 Å². The molecule has 0 spiro atoms. The second-order valence-corrected chi connectivity index (χ2v) is 5.39. The molecule has 3 heterocycles. The number of nitrogens with two attached hydrogens (primary N) is 1. The number of aryl methyl sites for hydroxylation is 1. The molecule has 3 nitrogen and oxygen atoms in total. The lowest BCUT2D eigenvalue weighted by molar-refractivity contribution is 0.731. The normalized spacial score (nSPS) is 14.8. The van der Waals surface area contributed by atoms with E-state index in [0.29, 0.717) is 0 Å². The number of thiophene rings is 1. The van der Waals surface area contributed by atoms with Crippen LogP contribution in [0.25, 0.3) is 0 Å². The Morgan fingerprint density at radius 2 is 2.24 bits per heavy atom. The van der Waals surface area contributed by atoms with Gasteiger partial charge in [-0.25, -0.2) is 4.98 Å². The van der Waals surface area contributed by atoms with Crippen LogP contribution in [0.3, 0.4) is 0 Å². The maximum absolute atomic E-state index is 5.80. The van der Waals surface area contributed by atoms with Gasteiger partial charge in [0.05, 0.1) is 11.4 Å². The van der Waals surface area contributed by atoms with Crippen LogP contribution >= 0.6 is 11.3 Å². The second kappa shape index (κ2) is 4.04. The smallest absolute Gasteiger partial charge is 0.129 e. The number of hydrogen-bond donors (Lipinski definition) is 1. The number of nitrogens with zero attached hydrogens (tertiary/aromatic N) is 2. The zero-order valence-electron chi connectivity index (χ0n) is 9.81. The molecule has 1 aliphatic heterocycles. The molecular formula is C13H15N3S. The van der Waals surface area contributed by atoms with Crippen molar-refractivity contribution in [1.29, 1.82) is 0 Å². The highest BCUT2D eigenvalue weighted by atomic mass is 32.1. The summed E-state index contributed by atoms with van der Waals surface area (Å²) in [6.07, 6.45) is 1.12. The molecule has 0 fully saturated rings. The van der Waals surface area contributed by atoms with Gasteiger partial charge in [-0.15, -0.1) is 11.3 Å². The molecule has 0 saturated heterocycles. The quantitative estimate of drug-likeness (QED) is 0.839. The van der Waals surface area contributed by atoms with E-state index in [9.17, 15) is 0 Å². The fraction of sp³-hybridized carbons (Fsp3) is 0.308. The number of hydrogen-bond acceptors (Lipinski definition) is 4. The fourth-order valence-corrected chi connectivity index (χ4v) is 3.07. The number of nitrogen functional groups attached to an aromatic ring is 1. The second-order valence-electron chi connectivity index (χ2n) is 4.38. The van der Waals surface area contributed by atoms with Gasteiger partial charge in [-0.2, -0.15) is 0 Å². The van der Waals surface area contributed by atoms with Crippen LogP contribution in [-0.4, -0.2) is 11.5 Å². The van der Waals surface area contributed by atoms with Crippen molar-refractivity contribution in [3.05, 3.63) is 39.7 Å². The summed E-state index contributed by atoms with van der Waals surface area (Å²) in [5.74, 6) is 1.04. The summed E-state index contributed by atoms with van der Waals surface area (Å²) in [6, 6.07) is 6.18. The zero-order valence-corrected chi connectivity index (χ0v) is 10.6. The van der Waals surface area contributed by atoms with Crippen molar-refractivity contribution in [2.75, 3.05) is 17.2 Å². The standard InChI is InChI=1S/C13H15N3S/c1-9-11(14)2-3-13(15-9)16-6-4-12-10(8-16)5-7-17-12/h2-3,5,7H,4,6,8,14H2,1H3. The van der Waals surface area contributed by atoms with E-state index in [2.05, 4.69) is 21.3 Å². The largest absolute Gasteiger partial charge is 0.397 e. The third-order valence-electron chi connectivity index (χ3n) is 3.24. The number of anilines is 2. The molecule has 0 radical (unpaired) electrons. The van der Waals surface area contributed by atoms with Gasteiger partial charge in [-0.3, -0.25) is 0 Å². The molecule has 0 aliphatic carbocycles. The molecule has 2 aromatic heterocycles. The average Bonchev–Trinajstić information content (AvgIpc) is 2.79. The fourth-order valence-electron chi connectivity index (χ4n) is 2.18. The van der Waals surface area contributed by atoms with Gasteiger partial charge in [0.25, 0.3) is 0 Å². The van der Waals surface area contributed by atoms with Crippen molar-refractivity contribution in [3.8, 4) is 0 Å². The summed E-state index contributed by atoms with van der Waals surface area (Å²) in [6.45, 7) is 3.97. The molecule has 0 amide bonds. The van der Waals surface area contributed by atoms with Crippen LogP contribution in [0, 0.1) is 6.92 Å². The maximum atomic E-state index is 5.80. The maximum Gasteiger partial charge on any atom is 0.129 e. The van der Waals surface area contributed by atoms with Gasteiger partial charge in [0, 0.05) is 18.0 Å². The highest BCUT2D eigenvalue weighted by molar-refractivity contribution is 7.10. The van der Waals surface area contributed by atoms with Crippen LogP contribution in [-0.2, 0) is 13.0 Å². The molecule has 0 atom stereocenters. The number of rotatable bonds is 1. The minimum Gasteiger partial charge on any atom is -0.397 e. The summed E-state index contributed by atoms with van der Waals surface area (Å²) in [4.78, 5) is 8.40. The third kappa shape index (κ3) is 1.89. The van der Waals surface area contributed by atoms with Crippen molar-refractivity contribution >= 4 is 22.8 Å². The summed E-state index contributed by atoms with van der Waals surface area (Å²) in [7, 11) is 0. The molecule has 1 aliphatic rings. The van der Waals surface area contributed by atoms with E-state index >= 15 is 0 Å². The summed E-state index contributed by atoms with van der Waals surface area (Å²) < 4.78 is 0. The Balaban J connectivity index is 1.89. The van der Waals surface area contributed by atoms with E-state index in [4.69, 9.17) is 5.73 Å². The van der Waals surface area contributed by atoms with E-state index in [1.807, 2.05) is 30.4 Å². The Kier molecular flexibility index (Phi) is 2.52. The highest BCUT2D eigenvalue weighted by Crippen LogP contribution is 2.27. The minimum absolute atomic E-state index is 0.766. The van der Waals surface area contributed by atoms with E-state index < -0.39 is 0 Å². The van der Waals surface area contributed by atoms with Crippen molar-refractivity contribution < 1.29 is 0 Å². The number of aromatic nitrogens is 1. The van der Waals surface area contributed by atoms with Gasteiger partial charge in [-0.1, -0.05) is 0 Å². The van der Waals surface area contributed by atoms with Crippen LogP contribution in [0.4, 0.5) is 11.5 Å². The van der Waals surface area contributed by atoms with Crippen molar-refractivity contribution in [3.63, 3.8) is 0 Å². The van der Waals surface area contributed by atoms with Crippen LogP contribution in [0.1, 0.15) is 16.1 Å². The Morgan fingerprint density at radius 3 is 3.06 bits per heavy atom. The lowest BCUT2D eigenvalue weighted by Crippen LogP contribution is -2.30. The van der Waals surface area contributed by atoms with Gasteiger partial charge in [-0.05, 0) is 42.5 Å². The van der Waals surface area contributed by atoms with E-state index in [1.54, 1.807) is 0 Å². The molecule has 0 unspecified atom stereocenters. The van der Waals surface area contributed by atoms with E-state index in [1.165, 1.54) is 10.4 Å². The van der Waals surface area contributed by atoms with Gasteiger partial charge >= 0.3 is 0 Å². The first kappa shape index (κ1) is 10.6. The average molecular weight is 245 g/mol. The molecule has 3 rings (SSSR count). The zero-order chi connectivity index (χ0) is 11.8. The Labute approximate surface area is 105 Å². The first-order valence-corrected chi connectivity index (χ1v) is 6.65. The molecule has 2 N–H and O–H groups in total. The molecule has 88 valence electrons. The van der Waals surface area contributed by atoms with Crippen LogP contribution in [0.2, 0.25) is 0 Å². The van der Waals surface area contributed by atoms with Crippen LogP contribution < -0.4 is 10.6 Å². The molecule has 4 heteroatoms. The van der Waals surface area contributed by atoms with Crippen LogP contribution in [0.5, 0.6) is 0 Å². The molecule has 0 aromatic carbocycles. The SMILES string of the molecule is Cc1nc(N2CCc3sccc3C2)ccc1N. The lowest BCUT2D eigenvalue weighted by Gasteiger charge is -2.28. The molecule has 0 bridgehead atoms. The molecule has 0 saturated carbocycles. The number of pyridine rings is 1. The predicted octanol–water partition coefficient (Wildman–Crippen LogP) is 2.60. The lowest BCUT2D eigenvalue weighted by atomic mass is 10.1. The summed E-state index contributed by atoms with van der Waals surface area (Å²) in [5, 5.41) is 2.18. The summed E-state index contributed by atoms with van der Waals surface area (Å²) >= 11 is 1.86. The molecule has 17 heavy (non-hydrogen) atoms.